The molecule has 0 saturated carbocycles. The number of amides is 4. The molecule has 192 valence electrons. The van der Waals surface area contributed by atoms with E-state index >= 15 is 0 Å². The molecule has 1 fully saturated rings. The first-order valence-corrected chi connectivity index (χ1v) is 12.3. The van der Waals surface area contributed by atoms with Gasteiger partial charge in [-0.1, -0.05) is 38.1 Å². The number of rotatable bonds is 7. The second kappa shape index (κ2) is 11.5. The highest BCUT2D eigenvalue weighted by atomic mass is 16.4. The van der Waals surface area contributed by atoms with E-state index in [1.54, 1.807) is 0 Å². The quantitative estimate of drug-likeness (QED) is 0.456. The minimum atomic E-state index is -1.23. The summed E-state index contributed by atoms with van der Waals surface area (Å²) in [5, 5.41) is 18.2. The summed E-state index contributed by atoms with van der Waals surface area (Å²) in [5.74, 6) is -1.38. The average molecular weight is 488 g/mol. The standard InChI is InChI=1S/C25H37N5O5/c1-15(2)21(28-22(31)16(3)29(4)25(34)35)24(33)30-13-12-26-14-20(30)23(32)27-19-11-7-9-17-8-5-6-10-18(17)19/h5-6,8,10,15-16,19-21,26H,7,9,11-14H2,1-4H3,(H,27,32)(H,28,31)(H,34,35)/t16-,19+,20-,21-/m0/s1. The van der Waals surface area contributed by atoms with Gasteiger partial charge in [-0.3, -0.25) is 19.3 Å². The number of benzene rings is 1. The Balaban J connectivity index is 1.73. The van der Waals surface area contributed by atoms with E-state index in [4.69, 9.17) is 5.11 Å². The fraction of sp³-hybridized carbons (Fsp3) is 0.600. The lowest BCUT2D eigenvalue weighted by molar-refractivity contribution is -0.146. The van der Waals surface area contributed by atoms with Crippen LogP contribution in [-0.4, -0.2) is 83.5 Å². The number of hydrogen-bond donors (Lipinski definition) is 4. The predicted molar refractivity (Wildman–Crippen MR) is 131 cm³/mol. The van der Waals surface area contributed by atoms with E-state index in [1.165, 1.54) is 24.4 Å². The van der Waals surface area contributed by atoms with Gasteiger partial charge in [-0.05, 0) is 43.2 Å². The molecule has 35 heavy (non-hydrogen) atoms. The second-order valence-electron chi connectivity index (χ2n) is 9.70. The molecular formula is C25H37N5O5. The van der Waals surface area contributed by atoms with Crippen LogP contribution in [0.1, 0.15) is 50.8 Å². The molecule has 4 N–H and O–H groups in total. The summed E-state index contributed by atoms with van der Waals surface area (Å²) in [5.41, 5.74) is 2.36. The highest BCUT2D eigenvalue weighted by Crippen LogP contribution is 2.29. The molecule has 1 heterocycles. The van der Waals surface area contributed by atoms with Crippen LogP contribution < -0.4 is 16.0 Å². The number of piperazine rings is 1. The molecule has 0 spiro atoms. The summed E-state index contributed by atoms with van der Waals surface area (Å²) in [7, 11) is 1.30. The third-order valence-electron chi connectivity index (χ3n) is 7.01. The molecule has 0 bridgehead atoms. The van der Waals surface area contributed by atoms with E-state index in [9.17, 15) is 19.2 Å². The van der Waals surface area contributed by atoms with Crippen molar-refractivity contribution in [3.63, 3.8) is 0 Å². The van der Waals surface area contributed by atoms with Crippen LogP contribution in [0.15, 0.2) is 24.3 Å². The zero-order valence-electron chi connectivity index (χ0n) is 20.9. The van der Waals surface area contributed by atoms with Crippen LogP contribution in [0.5, 0.6) is 0 Å². The molecule has 3 rings (SSSR count). The molecule has 2 aliphatic rings. The number of likely N-dealkylation sites (N-methyl/N-ethyl adjacent to an activating group) is 1. The van der Waals surface area contributed by atoms with E-state index in [1.807, 2.05) is 32.0 Å². The normalized spacial score (nSPS) is 21.5. The summed E-state index contributed by atoms with van der Waals surface area (Å²) in [6, 6.07) is 5.46. The van der Waals surface area contributed by atoms with Crippen LogP contribution in [0, 0.1) is 5.92 Å². The topological polar surface area (TPSA) is 131 Å². The lowest BCUT2D eigenvalue weighted by Gasteiger charge is -2.39. The summed E-state index contributed by atoms with van der Waals surface area (Å²) in [6.07, 6.45) is 1.58. The van der Waals surface area contributed by atoms with Gasteiger partial charge in [0.1, 0.15) is 18.1 Å². The largest absolute Gasteiger partial charge is 0.465 e. The number of carbonyl (C=O) groups is 4. The fourth-order valence-corrected chi connectivity index (χ4v) is 4.68. The van der Waals surface area contributed by atoms with E-state index in [0.29, 0.717) is 19.6 Å². The third kappa shape index (κ3) is 6.11. The molecule has 10 heteroatoms. The van der Waals surface area contributed by atoms with Crippen molar-refractivity contribution in [1.82, 2.24) is 25.8 Å². The SMILES string of the molecule is CC(C)[C@H](NC(=O)[C@H](C)N(C)C(=O)O)C(=O)N1CCNC[C@H]1C(=O)N[C@@H]1CCCc2ccccc21. The van der Waals surface area contributed by atoms with Gasteiger partial charge in [-0.25, -0.2) is 4.79 Å². The molecule has 1 saturated heterocycles. The van der Waals surface area contributed by atoms with Gasteiger partial charge in [-0.2, -0.15) is 0 Å². The molecule has 10 nitrogen and oxygen atoms in total. The van der Waals surface area contributed by atoms with E-state index in [0.717, 1.165) is 29.7 Å². The molecule has 4 atom stereocenters. The van der Waals surface area contributed by atoms with Crippen LogP contribution in [-0.2, 0) is 20.8 Å². The summed E-state index contributed by atoms with van der Waals surface area (Å²) in [6.45, 7) is 6.28. The van der Waals surface area contributed by atoms with Crippen molar-refractivity contribution in [2.45, 2.75) is 64.2 Å². The lowest BCUT2D eigenvalue weighted by atomic mass is 9.87. The van der Waals surface area contributed by atoms with Crippen LogP contribution in [0.4, 0.5) is 4.79 Å². The van der Waals surface area contributed by atoms with Gasteiger partial charge in [0.05, 0.1) is 6.04 Å². The van der Waals surface area contributed by atoms with Gasteiger partial charge in [-0.15, -0.1) is 0 Å². The maximum atomic E-state index is 13.6. The van der Waals surface area contributed by atoms with Gasteiger partial charge in [0.15, 0.2) is 0 Å². The van der Waals surface area contributed by atoms with Crippen molar-refractivity contribution >= 4 is 23.8 Å². The molecule has 4 amide bonds. The van der Waals surface area contributed by atoms with Crippen LogP contribution in [0.3, 0.4) is 0 Å². The van der Waals surface area contributed by atoms with Gasteiger partial charge in [0.25, 0.3) is 0 Å². The summed E-state index contributed by atoms with van der Waals surface area (Å²) in [4.78, 5) is 53.3. The monoisotopic (exact) mass is 487 g/mol. The molecule has 1 aliphatic heterocycles. The Bertz CT molecular complexity index is 952. The van der Waals surface area contributed by atoms with Gasteiger partial charge in [0, 0.05) is 26.7 Å². The summed E-state index contributed by atoms with van der Waals surface area (Å²) >= 11 is 0. The molecular weight excluding hydrogens is 450 g/mol. The van der Waals surface area contributed by atoms with Crippen molar-refractivity contribution in [3.05, 3.63) is 35.4 Å². The minimum absolute atomic E-state index is 0.0978. The molecule has 0 aromatic heterocycles. The number of hydrogen-bond acceptors (Lipinski definition) is 5. The molecule has 0 radical (unpaired) electrons. The van der Waals surface area contributed by atoms with Crippen LogP contribution in [0.25, 0.3) is 0 Å². The maximum Gasteiger partial charge on any atom is 0.407 e. The van der Waals surface area contributed by atoms with Crippen molar-refractivity contribution in [2.24, 2.45) is 5.92 Å². The van der Waals surface area contributed by atoms with E-state index in [2.05, 4.69) is 22.0 Å². The van der Waals surface area contributed by atoms with E-state index < -0.39 is 30.1 Å². The van der Waals surface area contributed by atoms with Gasteiger partial charge in [0.2, 0.25) is 17.7 Å². The Morgan fingerprint density at radius 3 is 2.57 bits per heavy atom. The zero-order chi connectivity index (χ0) is 25.7. The Kier molecular flexibility index (Phi) is 8.71. The Morgan fingerprint density at radius 2 is 1.89 bits per heavy atom. The molecule has 1 aromatic carbocycles. The fourth-order valence-electron chi connectivity index (χ4n) is 4.68. The minimum Gasteiger partial charge on any atom is -0.465 e. The lowest BCUT2D eigenvalue weighted by Crippen LogP contribution is -2.64. The highest BCUT2D eigenvalue weighted by Gasteiger charge is 2.39. The summed E-state index contributed by atoms with van der Waals surface area (Å²) < 4.78 is 0. The molecule has 1 aliphatic carbocycles. The average Bonchev–Trinajstić information content (AvgIpc) is 2.85. The van der Waals surface area contributed by atoms with Gasteiger partial charge >= 0.3 is 6.09 Å². The zero-order valence-corrected chi connectivity index (χ0v) is 20.9. The Hall–Kier alpha value is -3.14. The van der Waals surface area contributed by atoms with Crippen molar-refractivity contribution in [2.75, 3.05) is 26.7 Å². The number of carboxylic acid groups (broad SMARTS) is 1. The number of carbonyl (C=O) groups excluding carboxylic acids is 3. The van der Waals surface area contributed by atoms with Crippen LogP contribution >= 0.6 is 0 Å². The first kappa shape index (κ1) is 26.5. The number of nitrogens with one attached hydrogen (secondary N) is 3. The van der Waals surface area contributed by atoms with Crippen molar-refractivity contribution in [1.29, 1.82) is 0 Å². The smallest absolute Gasteiger partial charge is 0.407 e. The first-order chi connectivity index (χ1) is 16.6. The Labute approximate surface area is 206 Å². The molecule has 0 unspecified atom stereocenters. The molecule has 1 aromatic rings. The number of aryl methyl sites for hydroxylation is 1. The highest BCUT2D eigenvalue weighted by molar-refractivity contribution is 5.94. The Morgan fingerprint density at radius 1 is 1.17 bits per heavy atom. The third-order valence-corrected chi connectivity index (χ3v) is 7.01. The second-order valence-corrected chi connectivity index (χ2v) is 9.70. The van der Waals surface area contributed by atoms with Crippen molar-refractivity contribution < 1.29 is 24.3 Å². The van der Waals surface area contributed by atoms with E-state index in [-0.39, 0.29) is 23.8 Å². The maximum absolute atomic E-state index is 13.6. The van der Waals surface area contributed by atoms with Gasteiger partial charge < -0.3 is 26.0 Å². The van der Waals surface area contributed by atoms with Crippen LogP contribution in [0.2, 0.25) is 0 Å². The predicted octanol–water partition coefficient (Wildman–Crippen LogP) is 1.12. The number of nitrogens with zero attached hydrogens (tertiary/aromatic N) is 2. The van der Waals surface area contributed by atoms with Crippen molar-refractivity contribution in [3.8, 4) is 0 Å². The first-order valence-electron chi connectivity index (χ1n) is 12.3. The number of fused-ring (bicyclic) bond motifs is 1.